The van der Waals surface area contributed by atoms with E-state index >= 15 is 0 Å². The van der Waals surface area contributed by atoms with Gasteiger partial charge in [-0.25, -0.2) is 0 Å². The number of ether oxygens (including phenoxy) is 1. The molecule has 0 fully saturated rings. The van der Waals surface area contributed by atoms with Crippen molar-refractivity contribution in [2.24, 2.45) is 5.73 Å². The Labute approximate surface area is 116 Å². The Morgan fingerprint density at radius 3 is 3.05 bits per heavy atom. The zero-order valence-corrected chi connectivity index (χ0v) is 11.7. The van der Waals surface area contributed by atoms with Crippen molar-refractivity contribution in [3.05, 3.63) is 42.0 Å². The maximum Gasteiger partial charge on any atom is 0.119 e. The van der Waals surface area contributed by atoms with Gasteiger partial charge < -0.3 is 10.5 Å². The van der Waals surface area contributed by atoms with Gasteiger partial charge in [-0.3, -0.25) is 0 Å². The first-order valence-corrected chi connectivity index (χ1v) is 7.43. The molecule has 104 valence electrons. The van der Waals surface area contributed by atoms with Gasteiger partial charge in [-0.05, 0) is 68.2 Å². The highest BCUT2D eigenvalue weighted by atomic mass is 16.5. The van der Waals surface area contributed by atoms with E-state index in [1.165, 1.54) is 30.4 Å². The van der Waals surface area contributed by atoms with Crippen LogP contribution in [0, 0.1) is 0 Å². The molecule has 0 aromatic heterocycles. The number of fused-ring (bicyclic) bond motifs is 1. The van der Waals surface area contributed by atoms with Gasteiger partial charge in [0.1, 0.15) is 5.75 Å². The van der Waals surface area contributed by atoms with Crippen LogP contribution in [-0.4, -0.2) is 6.61 Å². The first-order valence-electron chi connectivity index (χ1n) is 7.43. The van der Waals surface area contributed by atoms with Crippen molar-refractivity contribution in [1.82, 2.24) is 0 Å². The molecule has 0 saturated heterocycles. The molecule has 0 saturated carbocycles. The third-order valence-electron chi connectivity index (χ3n) is 3.80. The molecule has 2 rings (SSSR count). The lowest BCUT2D eigenvalue weighted by molar-refractivity contribution is 0.304. The highest BCUT2D eigenvalue weighted by Crippen LogP contribution is 2.30. The third-order valence-corrected chi connectivity index (χ3v) is 3.80. The smallest absolute Gasteiger partial charge is 0.119 e. The lowest BCUT2D eigenvalue weighted by Gasteiger charge is -2.22. The lowest BCUT2D eigenvalue weighted by atomic mass is 9.88. The van der Waals surface area contributed by atoms with Crippen LogP contribution in [-0.2, 0) is 6.42 Å². The van der Waals surface area contributed by atoms with E-state index in [1.807, 2.05) is 6.08 Å². The number of nitrogens with two attached hydrogens (primary N) is 1. The Morgan fingerprint density at radius 2 is 2.21 bits per heavy atom. The van der Waals surface area contributed by atoms with Crippen molar-refractivity contribution in [3.8, 4) is 5.75 Å². The molecule has 1 aliphatic rings. The summed E-state index contributed by atoms with van der Waals surface area (Å²) in [7, 11) is 0. The minimum atomic E-state index is 0.194. The molecule has 1 aliphatic carbocycles. The lowest BCUT2D eigenvalue weighted by Crippen LogP contribution is -2.17. The third kappa shape index (κ3) is 4.10. The Hall–Kier alpha value is -1.28. The number of aryl methyl sites for hydroxylation is 1. The summed E-state index contributed by atoms with van der Waals surface area (Å²) in [5.74, 6) is 0.972. The largest absolute Gasteiger partial charge is 0.494 e. The zero-order valence-electron chi connectivity index (χ0n) is 11.7. The molecule has 0 unspecified atom stereocenters. The van der Waals surface area contributed by atoms with Gasteiger partial charge in [-0.2, -0.15) is 0 Å². The van der Waals surface area contributed by atoms with Gasteiger partial charge in [0.25, 0.3) is 0 Å². The molecule has 0 radical (unpaired) electrons. The highest BCUT2D eigenvalue weighted by Gasteiger charge is 2.17. The monoisotopic (exact) mass is 259 g/mol. The zero-order chi connectivity index (χ0) is 13.5. The highest BCUT2D eigenvalue weighted by molar-refractivity contribution is 5.39. The molecule has 0 heterocycles. The summed E-state index contributed by atoms with van der Waals surface area (Å²) in [6, 6.07) is 6.60. The quantitative estimate of drug-likeness (QED) is 0.590. The van der Waals surface area contributed by atoms with E-state index in [0.717, 1.165) is 38.0 Å². The Bertz CT molecular complexity index is 414. The van der Waals surface area contributed by atoms with Gasteiger partial charge in [0.15, 0.2) is 0 Å². The van der Waals surface area contributed by atoms with E-state index in [9.17, 15) is 0 Å². The van der Waals surface area contributed by atoms with Gasteiger partial charge in [0, 0.05) is 6.04 Å². The molecule has 19 heavy (non-hydrogen) atoms. The average molecular weight is 259 g/mol. The molecular formula is C17H25NO. The van der Waals surface area contributed by atoms with Crippen LogP contribution in [0.4, 0.5) is 0 Å². The predicted molar refractivity (Wildman–Crippen MR) is 80.5 cm³/mol. The van der Waals surface area contributed by atoms with E-state index in [4.69, 9.17) is 10.5 Å². The minimum absolute atomic E-state index is 0.194. The summed E-state index contributed by atoms with van der Waals surface area (Å²) in [5, 5.41) is 0. The Kier molecular flexibility index (Phi) is 5.46. The summed E-state index contributed by atoms with van der Waals surface area (Å²) in [5.41, 5.74) is 8.85. The SMILES string of the molecule is C=CCCCCCOc1ccc2c(c1)[C@H](N)CCC2. The molecule has 2 N–H and O–H groups in total. The van der Waals surface area contributed by atoms with Gasteiger partial charge in [0.2, 0.25) is 0 Å². The van der Waals surface area contributed by atoms with Crippen molar-refractivity contribution >= 4 is 0 Å². The fourth-order valence-electron chi connectivity index (χ4n) is 2.66. The van der Waals surface area contributed by atoms with E-state index < -0.39 is 0 Å². The number of rotatable bonds is 7. The van der Waals surface area contributed by atoms with Gasteiger partial charge >= 0.3 is 0 Å². The average Bonchev–Trinajstić information content (AvgIpc) is 2.43. The number of benzene rings is 1. The van der Waals surface area contributed by atoms with Crippen LogP contribution in [0.2, 0.25) is 0 Å². The Morgan fingerprint density at radius 1 is 1.32 bits per heavy atom. The first-order chi connectivity index (χ1) is 9.31. The number of unbranched alkanes of at least 4 members (excludes halogenated alkanes) is 3. The molecule has 0 bridgehead atoms. The summed E-state index contributed by atoms with van der Waals surface area (Å²) in [6.07, 6.45) is 10.1. The number of allylic oxidation sites excluding steroid dienone is 1. The minimum Gasteiger partial charge on any atom is -0.494 e. The molecule has 0 amide bonds. The van der Waals surface area contributed by atoms with Gasteiger partial charge in [0.05, 0.1) is 6.61 Å². The second kappa shape index (κ2) is 7.34. The van der Waals surface area contributed by atoms with Crippen LogP contribution < -0.4 is 10.5 Å². The van der Waals surface area contributed by atoms with E-state index in [-0.39, 0.29) is 6.04 Å². The van der Waals surface area contributed by atoms with E-state index in [1.54, 1.807) is 0 Å². The van der Waals surface area contributed by atoms with Crippen LogP contribution in [0.15, 0.2) is 30.9 Å². The molecule has 1 atom stereocenters. The topological polar surface area (TPSA) is 35.2 Å². The fraction of sp³-hybridized carbons (Fsp3) is 0.529. The fourth-order valence-corrected chi connectivity index (χ4v) is 2.66. The molecule has 1 aromatic rings. The van der Waals surface area contributed by atoms with Crippen molar-refractivity contribution in [1.29, 1.82) is 0 Å². The van der Waals surface area contributed by atoms with Crippen molar-refractivity contribution in [2.45, 2.75) is 51.0 Å². The summed E-state index contributed by atoms with van der Waals surface area (Å²) in [4.78, 5) is 0. The first kappa shape index (κ1) is 14.1. The van der Waals surface area contributed by atoms with Crippen LogP contribution in [0.5, 0.6) is 5.75 Å². The van der Waals surface area contributed by atoms with Crippen LogP contribution in [0.3, 0.4) is 0 Å². The molecule has 2 nitrogen and oxygen atoms in total. The van der Waals surface area contributed by atoms with Crippen molar-refractivity contribution in [3.63, 3.8) is 0 Å². The standard InChI is InChI=1S/C17H25NO/c1-2-3-4-5-6-12-19-15-11-10-14-8-7-9-17(18)16(14)13-15/h2,10-11,13,17H,1,3-9,12,18H2/t17-/m1/s1. The molecule has 0 spiro atoms. The van der Waals surface area contributed by atoms with Crippen LogP contribution in [0.25, 0.3) is 0 Å². The Balaban J connectivity index is 1.81. The van der Waals surface area contributed by atoms with Gasteiger partial charge in [-0.15, -0.1) is 6.58 Å². The van der Waals surface area contributed by atoms with Gasteiger partial charge in [-0.1, -0.05) is 12.1 Å². The number of hydrogen-bond donors (Lipinski definition) is 1. The van der Waals surface area contributed by atoms with Crippen LogP contribution in [0.1, 0.15) is 55.7 Å². The van der Waals surface area contributed by atoms with Crippen LogP contribution >= 0.6 is 0 Å². The number of hydrogen-bond acceptors (Lipinski definition) is 2. The molecule has 1 aromatic carbocycles. The summed E-state index contributed by atoms with van der Waals surface area (Å²) in [6.45, 7) is 4.53. The summed E-state index contributed by atoms with van der Waals surface area (Å²) < 4.78 is 5.82. The second-order valence-electron chi connectivity index (χ2n) is 5.35. The van der Waals surface area contributed by atoms with Crippen molar-refractivity contribution < 1.29 is 4.74 Å². The second-order valence-corrected chi connectivity index (χ2v) is 5.35. The van der Waals surface area contributed by atoms with E-state index in [0.29, 0.717) is 0 Å². The maximum absolute atomic E-state index is 6.16. The molecule has 2 heteroatoms. The molecule has 0 aliphatic heterocycles. The normalized spacial score (nSPS) is 17.8. The van der Waals surface area contributed by atoms with Crippen molar-refractivity contribution in [2.75, 3.05) is 6.61 Å². The van der Waals surface area contributed by atoms with E-state index in [2.05, 4.69) is 24.8 Å². The maximum atomic E-state index is 6.16. The molecular weight excluding hydrogens is 234 g/mol. The predicted octanol–water partition coefficient (Wildman–Crippen LogP) is 4.15. The summed E-state index contributed by atoms with van der Waals surface area (Å²) >= 11 is 0.